The fourth-order valence-corrected chi connectivity index (χ4v) is 3.12. The molecule has 0 spiro atoms. The van der Waals surface area contributed by atoms with E-state index in [1.54, 1.807) is 0 Å². The van der Waals surface area contributed by atoms with Gasteiger partial charge in [0.2, 0.25) is 0 Å². The summed E-state index contributed by atoms with van der Waals surface area (Å²) in [6, 6.07) is 0.967. The van der Waals surface area contributed by atoms with Crippen molar-refractivity contribution in [2.75, 3.05) is 19.7 Å². The molecule has 1 aliphatic heterocycles. The number of hydrogen-bond acceptors (Lipinski definition) is 3. The Morgan fingerprint density at radius 2 is 2.06 bits per heavy atom. The lowest BCUT2D eigenvalue weighted by Crippen LogP contribution is -2.52. The number of nitrogens with zero attached hydrogens (tertiary/aromatic N) is 1. The van der Waals surface area contributed by atoms with Gasteiger partial charge in [0, 0.05) is 31.8 Å². The lowest BCUT2D eigenvalue weighted by molar-refractivity contribution is 0.0491. The largest absolute Gasteiger partial charge is 0.377 e. The number of rotatable bonds is 1. The Hall–Kier alpha value is -0.120. The van der Waals surface area contributed by atoms with E-state index in [9.17, 15) is 0 Å². The molecule has 4 unspecified atom stereocenters. The highest BCUT2D eigenvalue weighted by Crippen LogP contribution is 2.27. The third kappa shape index (κ3) is 2.96. The van der Waals surface area contributed by atoms with E-state index in [2.05, 4.69) is 18.7 Å². The molecule has 3 heteroatoms. The first-order valence-corrected chi connectivity index (χ1v) is 6.78. The Morgan fingerprint density at radius 1 is 1.25 bits per heavy atom. The molecule has 2 rings (SSSR count). The van der Waals surface area contributed by atoms with Crippen molar-refractivity contribution in [2.24, 2.45) is 11.7 Å². The van der Waals surface area contributed by atoms with Gasteiger partial charge in [-0.3, -0.25) is 4.90 Å². The highest BCUT2D eigenvalue weighted by atomic mass is 16.5. The normalized spacial score (nSPS) is 42.9. The monoisotopic (exact) mass is 226 g/mol. The molecule has 0 amide bonds. The summed E-state index contributed by atoms with van der Waals surface area (Å²) in [4.78, 5) is 2.58. The molecule has 3 nitrogen and oxygen atoms in total. The zero-order valence-electron chi connectivity index (χ0n) is 10.7. The number of nitrogens with two attached hydrogens (primary N) is 1. The van der Waals surface area contributed by atoms with Crippen molar-refractivity contribution in [1.29, 1.82) is 0 Å². The van der Waals surface area contributed by atoms with E-state index in [0.29, 0.717) is 18.2 Å². The van der Waals surface area contributed by atoms with Crippen molar-refractivity contribution in [1.82, 2.24) is 4.90 Å². The summed E-state index contributed by atoms with van der Waals surface area (Å²) in [6.45, 7) is 7.67. The molecule has 4 atom stereocenters. The van der Waals surface area contributed by atoms with Crippen molar-refractivity contribution >= 4 is 0 Å². The van der Waals surface area contributed by atoms with Gasteiger partial charge >= 0.3 is 0 Å². The Balaban J connectivity index is 1.97. The minimum atomic E-state index is 0.368. The molecule has 94 valence electrons. The third-order valence-corrected chi connectivity index (χ3v) is 4.08. The third-order valence-electron chi connectivity index (χ3n) is 4.08. The average molecular weight is 226 g/mol. The molecule has 1 saturated heterocycles. The topological polar surface area (TPSA) is 38.5 Å². The van der Waals surface area contributed by atoms with E-state index in [1.807, 2.05) is 0 Å². The second-order valence-corrected chi connectivity index (χ2v) is 5.68. The van der Waals surface area contributed by atoms with Crippen LogP contribution in [0, 0.1) is 5.92 Å². The van der Waals surface area contributed by atoms with Gasteiger partial charge in [0.05, 0.1) is 6.10 Å². The maximum Gasteiger partial charge on any atom is 0.0674 e. The Morgan fingerprint density at radius 3 is 2.88 bits per heavy atom. The lowest BCUT2D eigenvalue weighted by atomic mass is 9.83. The van der Waals surface area contributed by atoms with Crippen molar-refractivity contribution in [3.8, 4) is 0 Å². The molecular formula is C13H26N2O. The Bertz CT molecular complexity index is 222. The van der Waals surface area contributed by atoms with Gasteiger partial charge in [-0.05, 0) is 38.5 Å². The number of ether oxygens (including phenoxy) is 1. The first kappa shape index (κ1) is 12.3. The quantitative estimate of drug-likeness (QED) is 0.738. The van der Waals surface area contributed by atoms with E-state index in [0.717, 1.165) is 32.0 Å². The molecule has 2 aliphatic rings. The maximum atomic E-state index is 6.29. The molecular weight excluding hydrogens is 200 g/mol. The van der Waals surface area contributed by atoms with Crippen molar-refractivity contribution < 1.29 is 4.74 Å². The van der Waals surface area contributed by atoms with Crippen LogP contribution in [0.4, 0.5) is 0 Å². The molecule has 1 heterocycles. The van der Waals surface area contributed by atoms with Gasteiger partial charge in [-0.25, -0.2) is 0 Å². The highest BCUT2D eigenvalue weighted by Gasteiger charge is 2.32. The minimum Gasteiger partial charge on any atom is -0.377 e. The average Bonchev–Trinajstić information content (AvgIpc) is 2.46. The van der Waals surface area contributed by atoms with E-state index < -0.39 is 0 Å². The molecule has 2 N–H and O–H groups in total. The van der Waals surface area contributed by atoms with Crippen LogP contribution in [0.25, 0.3) is 0 Å². The summed E-state index contributed by atoms with van der Waals surface area (Å²) in [5, 5.41) is 0. The maximum absolute atomic E-state index is 6.29. The van der Waals surface area contributed by atoms with E-state index in [-0.39, 0.29) is 0 Å². The van der Waals surface area contributed by atoms with Crippen molar-refractivity contribution in [2.45, 2.75) is 57.7 Å². The van der Waals surface area contributed by atoms with E-state index in [4.69, 9.17) is 10.5 Å². The summed E-state index contributed by atoms with van der Waals surface area (Å²) in [5.41, 5.74) is 6.29. The van der Waals surface area contributed by atoms with E-state index >= 15 is 0 Å². The molecule has 1 aliphatic carbocycles. The van der Waals surface area contributed by atoms with Gasteiger partial charge < -0.3 is 10.5 Å². The SMILES string of the molecule is CC1CCC(N)C(N2CCCOC(C)C2)C1. The van der Waals surface area contributed by atoms with Crippen LogP contribution >= 0.6 is 0 Å². The number of hydrogen-bond donors (Lipinski definition) is 1. The first-order chi connectivity index (χ1) is 7.66. The van der Waals surface area contributed by atoms with Crippen LogP contribution in [0.3, 0.4) is 0 Å². The predicted molar refractivity (Wildman–Crippen MR) is 66.4 cm³/mol. The fourth-order valence-electron chi connectivity index (χ4n) is 3.12. The summed E-state index contributed by atoms with van der Waals surface area (Å²) < 4.78 is 5.70. The minimum absolute atomic E-state index is 0.368. The van der Waals surface area contributed by atoms with Gasteiger partial charge in [-0.2, -0.15) is 0 Å². The van der Waals surface area contributed by atoms with Crippen LogP contribution in [0.5, 0.6) is 0 Å². The fraction of sp³-hybridized carbons (Fsp3) is 1.00. The van der Waals surface area contributed by atoms with Crippen LogP contribution < -0.4 is 5.73 Å². The molecule has 0 aromatic carbocycles. The van der Waals surface area contributed by atoms with Crippen LogP contribution in [0.2, 0.25) is 0 Å². The standard InChI is InChI=1S/C13H26N2O/c1-10-4-5-12(14)13(8-10)15-6-3-7-16-11(2)9-15/h10-13H,3-9,14H2,1-2H3. The summed E-state index contributed by atoms with van der Waals surface area (Å²) in [5.74, 6) is 0.837. The second kappa shape index (κ2) is 5.48. The van der Waals surface area contributed by atoms with Gasteiger partial charge in [-0.15, -0.1) is 0 Å². The van der Waals surface area contributed by atoms with Crippen molar-refractivity contribution in [3.63, 3.8) is 0 Å². The summed E-state index contributed by atoms with van der Waals surface area (Å²) >= 11 is 0. The molecule has 16 heavy (non-hydrogen) atoms. The van der Waals surface area contributed by atoms with Crippen LogP contribution in [-0.4, -0.2) is 42.8 Å². The second-order valence-electron chi connectivity index (χ2n) is 5.68. The van der Waals surface area contributed by atoms with Crippen molar-refractivity contribution in [3.05, 3.63) is 0 Å². The van der Waals surface area contributed by atoms with Crippen LogP contribution in [0.15, 0.2) is 0 Å². The first-order valence-electron chi connectivity index (χ1n) is 6.78. The molecule has 1 saturated carbocycles. The van der Waals surface area contributed by atoms with E-state index in [1.165, 1.54) is 19.3 Å². The zero-order valence-corrected chi connectivity index (χ0v) is 10.7. The lowest BCUT2D eigenvalue weighted by Gasteiger charge is -2.40. The molecule has 0 bridgehead atoms. The van der Waals surface area contributed by atoms with Gasteiger partial charge in [0.1, 0.15) is 0 Å². The zero-order chi connectivity index (χ0) is 11.5. The molecule has 0 aromatic rings. The van der Waals surface area contributed by atoms with Gasteiger partial charge in [0.15, 0.2) is 0 Å². The molecule has 0 aromatic heterocycles. The smallest absolute Gasteiger partial charge is 0.0674 e. The highest BCUT2D eigenvalue weighted by molar-refractivity contribution is 4.89. The van der Waals surface area contributed by atoms with Gasteiger partial charge in [0.25, 0.3) is 0 Å². The Labute approximate surface area is 99.3 Å². The van der Waals surface area contributed by atoms with Gasteiger partial charge in [-0.1, -0.05) is 6.92 Å². The van der Waals surface area contributed by atoms with Crippen LogP contribution in [0.1, 0.15) is 39.5 Å². The summed E-state index contributed by atoms with van der Waals surface area (Å²) in [7, 11) is 0. The molecule has 2 fully saturated rings. The Kier molecular flexibility index (Phi) is 4.22. The summed E-state index contributed by atoms with van der Waals surface area (Å²) in [6.07, 6.45) is 5.29. The van der Waals surface area contributed by atoms with Crippen LogP contribution in [-0.2, 0) is 4.74 Å². The molecule has 0 radical (unpaired) electrons. The predicted octanol–water partition coefficient (Wildman–Crippen LogP) is 1.61.